The number of methoxy groups -OCH3 is 2. The Morgan fingerprint density at radius 2 is 1.90 bits per heavy atom. The Morgan fingerprint density at radius 1 is 1.07 bits per heavy atom. The molecule has 0 spiro atoms. The van der Waals surface area contributed by atoms with Gasteiger partial charge in [-0.1, -0.05) is 5.16 Å². The van der Waals surface area contributed by atoms with Gasteiger partial charge in [0.1, 0.15) is 17.3 Å². The van der Waals surface area contributed by atoms with E-state index in [1.165, 1.54) is 0 Å². The lowest BCUT2D eigenvalue weighted by atomic mass is 10.0. The fourth-order valence-corrected chi connectivity index (χ4v) is 3.50. The normalized spacial score (nSPS) is 11.0. The molecule has 1 aromatic carbocycles. The second-order valence-corrected chi connectivity index (χ2v) is 6.76. The molecule has 0 amide bonds. The van der Waals surface area contributed by atoms with Gasteiger partial charge in [-0.05, 0) is 43.5 Å². The van der Waals surface area contributed by atoms with Crippen molar-refractivity contribution >= 4 is 10.9 Å². The summed E-state index contributed by atoms with van der Waals surface area (Å²) in [7, 11) is 3.20. The average Bonchev–Trinajstić information content (AvgIpc) is 3.07. The van der Waals surface area contributed by atoms with Gasteiger partial charge in [-0.15, -0.1) is 0 Å². The smallest absolute Gasteiger partial charge is 0.251 e. The van der Waals surface area contributed by atoms with Crippen molar-refractivity contribution in [2.45, 2.75) is 20.4 Å². The molecule has 0 radical (unpaired) electrons. The Balaban J connectivity index is 1.87. The van der Waals surface area contributed by atoms with Crippen molar-refractivity contribution in [3.63, 3.8) is 0 Å². The van der Waals surface area contributed by atoms with Gasteiger partial charge >= 0.3 is 0 Å². The summed E-state index contributed by atoms with van der Waals surface area (Å²) < 4.78 is 17.8. The first-order valence-corrected chi connectivity index (χ1v) is 9.15. The average molecular weight is 391 g/mol. The predicted molar refractivity (Wildman–Crippen MR) is 110 cm³/mol. The van der Waals surface area contributed by atoms with E-state index in [4.69, 9.17) is 14.0 Å². The van der Waals surface area contributed by atoms with E-state index < -0.39 is 0 Å². The van der Waals surface area contributed by atoms with Crippen LogP contribution in [-0.2, 0) is 6.54 Å². The quantitative estimate of drug-likeness (QED) is 0.516. The van der Waals surface area contributed by atoms with E-state index in [9.17, 15) is 4.79 Å². The minimum atomic E-state index is -0.109. The van der Waals surface area contributed by atoms with Crippen LogP contribution in [0, 0.1) is 13.8 Å². The molecule has 0 aliphatic carbocycles. The van der Waals surface area contributed by atoms with Crippen molar-refractivity contribution in [3.05, 3.63) is 70.1 Å². The second-order valence-electron chi connectivity index (χ2n) is 6.76. The van der Waals surface area contributed by atoms with Gasteiger partial charge in [0.2, 0.25) is 0 Å². The van der Waals surface area contributed by atoms with Crippen LogP contribution >= 0.6 is 0 Å². The minimum Gasteiger partial charge on any atom is -0.496 e. The highest BCUT2D eigenvalue weighted by Crippen LogP contribution is 2.37. The number of hydrogen-bond acceptors (Lipinski definition) is 6. The van der Waals surface area contributed by atoms with E-state index in [1.807, 2.05) is 44.2 Å². The first-order valence-electron chi connectivity index (χ1n) is 9.15. The zero-order chi connectivity index (χ0) is 20.5. The van der Waals surface area contributed by atoms with Crippen LogP contribution in [0.2, 0.25) is 0 Å². The number of aryl methyl sites for hydroxylation is 2. The minimum absolute atomic E-state index is 0.109. The Morgan fingerprint density at radius 3 is 2.52 bits per heavy atom. The summed E-state index contributed by atoms with van der Waals surface area (Å²) in [6.07, 6.45) is 1.64. The summed E-state index contributed by atoms with van der Waals surface area (Å²) in [5, 5.41) is 4.96. The summed E-state index contributed by atoms with van der Waals surface area (Å²) in [6, 6.07) is 10.9. The Hall–Kier alpha value is -3.61. The van der Waals surface area contributed by atoms with Crippen LogP contribution in [0.3, 0.4) is 0 Å². The summed E-state index contributed by atoms with van der Waals surface area (Å²) >= 11 is 0. The maximum Gasteiger partial charge on any atom is 0.251 e. The van der Waals surface area contributed by atoms with Crippen molar-refractivity contribution in [1.29, 1.82) is 0 Å². The van der Waals surface area contributed by atoms with Crippen LogP contribution < -0.4 is 15.0 Å². The molecule has 0 aliphatic rings. The van der Waals surface area contributed by atoms with E-state index >= 15 is 0 Å². The third-order valence-corrected chi connectivity index (χ3v) is 4.97. The lowest BCUT2D eigenvalue weighted by molar-refractivity contribution is 0.393. The highest BCUT2D eigenvalue weighted by atomic mass is 16.5. The van der Waals surface area contributed by atoms with Gasteiger partial charge in [0, 0.05) is 17.7 Å². The Kier molecular flexibility index (Phi) is 4.80. The Labute approximate surface area is 167 Å². The number of ether oxygens (including phenoxy) is 2. The van der Waals surface area contributed by atoms with Crippen molar-refractivity contribution in [2.24, 2.45) is 0 Å². The van der Waals surface area contributed by atoms with Crippen LogP contribution in [-0.4, -0.2) is 28.9 Å². The van der Waals surface area contributed by atoms with E-state index in [0.717, 1.165) is 39.2 Å². The molecule has 0 N–H and O–H groups in total. The highest BCUT2D eigenvalue weighted by molar-refractivity contribution is 5.89. The molecule has 0 saturated carbocycles. The molecule has 29 heavy (non-hydrogen) atoms. The standard InChI is InChI=1S/C22H21N3O4/c1-13-22(14(2)29-24-13)18-9-15-5-8-21(26)25(19(15)10-20(18)28-4)12-16-6-7-17(27-3)11-23-16/h5-11H,12H2,1-4H3. The third kappa shape index (κ3) is 3.35. The van der Waals surface area contributed by atoms with Crippen LogP contribution in [0.25, 0.3) is 22.0 Å². The molecular formula is C22H21N3O4. The van der Waals surface area contributed by atoms with E-state index in [1.54, 1.807) is 31.0 Å². The van der Waals surface area contributed by atoms with Gasteiger partial charge in [0.05, 0.1) is 49.4 Å². The van der Waals surface area contributed by atoms with Crippen LogP contribution in [0.1, 0.15) is 17.1 Å². The fraction of sp³-hybridized carbons (Fsp3) is 0.227. The molecule has 0 unspecified atom stereocenters. The van der Waals surface area contributed by atoms with E-state index in [2.05, 4.69) is 10.1 Å². The highest BCUT2D eigenvalue weighted by Gasteiger charge is 2.18. The molecule has 0 aliphatic heterocycles. The Bertz CT molecular complexity index is 1220. The van der Waals surface area contributed by atoms with Gasteiger partial charge in [-0.25, -0.2) is 0 Å². The number of hydrogen-bond donors (Lipinski definition) is 0. The molecule has 0 bridgehead atoms. The monoisotopic (exact) mass is 391 g/mol. The van der Waals surface area contributed by atoms with Crippen molar-refractivity contribution in [1.82, 2.24) is 14.7 Å². The number of rotatable bonds is 5. The van der Waals surface area contributed by atoms with Gasteiger partial charge in [-0.2, -0.15) is 0 Å². The topological polar surface area (TPSA) is 79.4 Å². The first-order chi connectivity index (χ1) is 14.0. The van der Waals surface area contributed by atoms with Crippen molar-refractivity contribution in [3.8, 4) is 22.6 Å². The first kappa shape index (κ1) is 18.7. The molecule has 3 heterocycles. The molecule has 0 atom stereocenters. The lowest BCUT2D eigenvalue weighted by Gasteiger charge is -2.14. The van der Waals surface area contributed by atoms with Gasteiger partial charge < -0.3 is 18.6 Å². The molecule has 4 aromatic rings. The predicted octanol–water partition coefficient (Wildman–Crippen LogP) is 3.73. The third-order valence-electron chi connectivity index (χ3n) is 4.97. The van der Waals surface area contributed by atoms with Crippen molar-refractivity contribution in [2.75, 3.05) is 14.2 Å². The summed E-state index contributed by atoms with van der Waals surface area (Å²) in [5.41, 5.74) is 3.98. The number of aromatic nitrogens is 3. The van der Waals surface area contributed by atoms with Crippen molar-refractivity contribution < 1.29 is 14.0 Å². The fourth-order valence-electron chi connectivity index (χ4n) is 3.50. The molecule has 148 valence electrons. The van der Waals surface area contributed by atoms with Gasteiger partial charge in [-0.3, -0.25) is 9.78 Å². The van der Waals surface area contributed by atoms with Crippen LogP contribution in [0.15, 0.2) is 51.9 Å². The van der Waals surface area contributed by atoms with E-state index in [-0.39, 0.29) is 5.56 Å². The summed E-state index contributed by atoms with van der Waals surface area (Å²) in [6.45, 7) is 4.11. The summed E-state index contributed by atoms with van der Waals surface area (Å²) in [4.78, 5) is 17.0. The molecule has 7 nitrogen and oxygen atoms in total. The molecule has 3 aromatic heterocycles. The largest absolute Gasteiger partial charge is 0.496 e. The maximum absolute atomic E-state index is 12.6. The SMILES string of the molecule is COc1ccc(Cn2c(=O)ccc3cc(-c4c(C)noc4C)c(OC)cc32)nc1. The molecular weight excluding hydrogens is 370 g/mol. The van der Waals surface area contributed by atoms with Crippen LogP contribution in [0.5, 0.6) is 11.5 Å². The molecule has 0 fully saturated rings. The molecule has 0 saturated heterocycles. The van der Waals surface area contributed by atoms with E-state index in [0.29, 0.717) is 18.0 Å². The number of nitrogens with zero attached hydrogens (tertiary/aromatic N) is 3. The number of fused-ring (bicyclic) bond motifs is 1. The zero-order valence-electron chi connectivity index (χ0n) is 16.7. The summed E-state index contributed by atoms with van der Waals surface area (Å²) in [5.74, 6) is 2.04. The molecule has 4 rings (SSSR count). The second kappa shape index (κ2) is 7.43. The lowest BCUT2D eigenvalue weighted by Crippen LogP contribution is -2.20. The molecule has 7 heteroatoms. The van der Waals surface area contributed by atoms with Gasteiger partial charge in [0.15, 0.2) is 0 Å². The number of pyridine rings is 2. The zero-order valence-corrected chi connectivity index (χ0v) is 16.7. The van der Waals surface area contributed by atoms with Crippen LogP contribution in [0.4, 0.5) is 0 Å². The maximum atomic E-state index is 12.6. The number of benzene rings is 1. The van der Waals surface area contributed by atoms with Gasteiger partial charge in [0.25, 0.3) is 5.56 Å².